The van der Waals surface area contributed by atoms with E-state index in [0.29, 0.717) is 11.8 Å². The molecule has 1 aromatic carbocycles. The molecule has 0 saturated heterocycles. The number of carbonyl (C=O) groups excluding carboxylic acids is 1. The van der Waals surface area contributed by atoms with Crippen molar-refractivity contribution in [1.82, 2.24) is 4.98 Å². The minimum Gasteiger partial charge on any atom is -0.424 e. The van der Waals surface area contributed by atoms with E-state index in [0.717, 1.165) is 24.1 Å². The van der Waals surface area contributed by atoms with Gasteiger partial charge in [-0.2, -0.15) is 0 Å². The zero-order chi connectivity index (χ0) is 13.2. The summed E-state index contributed by atoms with van der Waals surface area (Å²) in [5, 5.41) is 5.76. The van der Waals surface area contributed by atoms with E-state index in [4.69, 9.17) is 4.42 Å². The first-order valence-electron chi connectivity index (χ1n) is 6.31. The third-order valence-corrected chi connectivity index (χ3v) is 3.08. The van der Waals surface area contributed by atoms with Crippen LogP contribution in [0.1, 0.15) is 12.8 Å². The lowest BCUT2D eigenvalue weighted by molar-refractivity contribution is -0.117. The summed E-state index contributed by atoms with van der Waals surface area (Å²) in [5.74, 6) is 0.974. The van der Waals surface area contributed by atoms with Gasteiger partial charge in [0.25, 0.3) is 6.01 Å². The molecule has 0 aliphatic heterocycles. The van der Waals surface area contributed by atoms with Crippen LogP contribution in [0.4, 0.5) is 11.7 Å². The smallest absolute Gasteiger partial charge is 0.294 e. The van der Waals surface area contributed by atoms with Gasteiger partial charge < -0.3 is 15.1 Å². The van der Waals surface area contributed by atoms with Gasteiger partial charge in [0.1, 0.15) is 0 Å². The minimum atomic E-state index is 0.102. The van der Waals surface area contributed by atoms with Gasteiger partial charge in [0.15, 0.2) is 5.76 Å². The lowest BCUT2D eigenvalue weighted by Gasteiger charge is -2.05. The number of anilines is 2. The number of oxazole rings is 1. The van der Waals surface area contributed by atoms with E-state index in [1.165, 1.54) is 0 Å². The maximum absolute atomic E-state index is 11.7. The Balaban J connectivity index is 1.80. The molecule has 19 heavy (non-hydrogen) atoms. The number of hydrogen-bond donors (Lipinski definition) is 2. The van der Waals surface area contributed by atoms with E-state index in [9.17, 15) is 4.79 Å². The Bertz CT molecular complexity index is 602. The second-order valence-corrected chi connectivity index (χ2v) is 4.62. The first kappa shape index (κ1) is 11.8. The van der Waals surface area contributed by atoms with E-state index in [-0.39, 0.29) is 11.8 Å². The Morgan fingerprint density at radius 1 is 1.42 bits per heavy atom. The Kier molecular flexibility index (Phi) is 2.95. The highest BCUT2D eigenvalue weighted by molar-refractivity contribution is 5.94. The van der Waals surface area contributed by atoms with Crippen molar-refractivity contribution in [2.24, 2.45) is 5.92 Å². The van der Waals surface area contributed by atoms with Gasteiger partial charge in [0.2, 0.25) is 5.91 Å². The molecule has 1 aromatic heterocycles. The van der Waals surface area contributed by atoms with Gasteiger partial charge in [0.05, 0.1) is 6.20 Å². The van der Waals surface area contributed by atoms with Crippen LogP contribution >= 0.6 is 0 Å². The van der Waals surface area contributed by atoms with E-state index in [1.54, 1.807) is 13.2 Å². The van der Waals surface area contributed by atoms with Crippen LogP contribution in [-0.4, -0.2) is 17.9 Å². The number of amides is 1. The Morgan fingerprint density at radius 3 is 2.95 bits per heavy atom. The first-order chi connectivity index (χ1) is 9.26. The fraction of sp³-hybridized carbons (Fsp3) is 0.286. The Morgan fingerprint density at radius 2 is 2.26 bits per heavy atom. The summed E-state index contributed by atoms with van der Waals surface area (Å²) >= 11 is 0. The quantitative estimate of drug-likeness (QED) is 0.883. The van der Waals surface area contributed by atoms with E-state index >= 15 is 0 Å². The molecule has 5 heteroatoms. The highest BCUT2D eigenvalue weighted by Gasteiger charge is 2.29. The lowest BCUT2D eigenvalue weighted by atomic mass is 10.1. The molecule has 0 bridgehead atoms. The first-order valence-corrected chi connectivity index (χ1v) is 6.31. The molecule has 1 heterocycles. The van der Waals surface area contributed by atoms with Crippen LogP contribution in [-0.2, 0) is 4.79 Å². The number of aromatic nitrogens is 1. The van der Waals surface area contributed by atoms with Gasteiger partial charge in [-0.05, 0) is 25.0 Å². The molecule has 1 fully saturated rings. The maximum Gasteiger partial charge on any atom is 0.294 e. The highest BCUT2D eigenvalue weighted by Crippen LogP contribution is 2.31. The average molecular weight is 257 g/mol. The normalized spacial score (nSPS) is 14.2. The molecule has 1 aliphatic carbocycles. The summed E-state index contributed by atoms with van der Waals surface area (Å²) in [5.41, 5.74) is 1.68. The van der Waals surface area contributed by atoms with Crippen molar-refractivity contribution in [2.75, 3.05) is 17.7 Å². The predicted molar refractivity (Wildman–Crippen MR) is 72.8 cm³/mol. The largest absolute Gasteiger partial charge is 0.424 e. The molecule has 0 atom stereocenters. The number of hydrogen-bond acceptors (Lipinski definition) is 4. The molecule has 1 amide bonds. The zero-order valence-corrected chi connectivity index (χ0v) is 10.6. The fourth-order valence-electron chi connectivity index (χ4n) is 1.86. The molecule has 1 saturated carbocycles. The number of rotatable bonds is 4. The molecule has 0 spiro atoms. The molecule has 3 rings (SSSR count). The zero-order valence-electron chi connectivity index (χ0n) is 10.6. The summed E-state index contributed by atoms with van der Waals surface area (Å²) in [6.07, 6.45) is 3.66. The van der Waals surface area contributed by atoms with Crippen LogP contribution in [0.2, 0.25) is 0 Å². The van der Waals surface area contributed by atoms with Crippen LogP contribution in [0.3, 0.4) is 0 Å². The van der Waals surface area contributed by atoms with Gasteiger partial charge in [0, 0.05) is 24.2 Å². The number of nitrogens with one attached hydrogen (secondary N) is 2. The van der Waals surface area contributed by atoms with Crippen molar-refractivity contribution < 1.29 is 9.21 Å². The Hall–Kier alpha value is -2.30. The molecule has 0 radical (unpaired) electrons. The monoisotopic (exact) mass is 257 g/mol. The molecule has 98 valence electrons. The molecular formula is C14H15N3O2. The van der Waals surface area contributed by atoms with Crippen molar-refractivity contribution in [3.8, 4) is 11.3 Å². The van der Waals surface area contributed by atoms with Crippen molar-refractivity contribution in [3.63, 3.8) is 0 Å². The van der Waals surface area contributed by atoms with Gasteiger partial charge in [-0.1, -0.05) is 12.1 Å². The fourth-order valence-corrected chi connectivity index (χ4v) is 1.86. The SMILES string of the molecule is CNc1ncc(-c2cccc(NC(=O)C3CC3)c2)o1. The van der Waals surface area contributed by atoms with Gasteiger partial charge in [-0.15, -0.1) is 0 Å². The average Bonchev–Trinajstić information content (AvgIpc) is 3.17. The van der Waals surface area contributed by atoms with Crippen LogP contribution in [0.15, 0.2) is 34.9 Å². The van der Waals surface area contributed by atoms with Gasteiger partial charge in [-0.3, -0.25) is 4.79 Å². The summed E-state index contributed by atoms with van der Waals surface area (Å²) < 4.78 is 5.50. The van der Waals surface area contributed by atoms with E-state index in [1.807, 2.05) is 24.3 Å². The van der Waals surface area contributed by atoms with Crippen molar-refractivity contribution >= 4 is 17.6 Å². The number of benzene rings is 1. The minimum absolute atomic E-state index is 0.102. The molecule has 5 nitrogen and oxygen atoms in total. The van der Waals surface area contributed by atoms with Crippen LogP contribution < -0.4 is 10.6 Å². The standard InChI is InChI=1S/C14H15N3O2/c1-15-14-16-8-12(19-14)10-3-2-4-11(7-10)17-13(18)9-5-6-9/h2-4,7-9H,5-6H2,1H3,(H,15,16)(H,17,18). The summed E-state index contributed by atoms with van der Waals surface area (Å²) in [7, 11) is 1.75. The molecular weight excluding hydrogens is 242 g/mol. The third-order valence-electron chi connectivity index (χ3n) is 3.08. The molecule has 2 N–H and O–H groups in total. The lowest BCUT2D eigenvalue weighted by Crippen LogP contribution is -2.13. The highest BCUT2D eigenvalue weighted by atomic mass is 16.4. The summed E-state index contributed by atoms with van der Waals surface area (Å²) in [6.45, 7) is 0. The van der Waals surface area contributed by atoms with Crippen LogP contribution in [0.25, 0.3) is 11.3 Å². The van der Waals surface area contributed by atoms with E-state index in [2.05, 4.69) is 15.6 Å². The second kappa shape index (κ2) is 4.76. The molecule has 2 aromatic rings. The van der Waals surface area contributed by atoms with E-state index < -0.39 is 0 Å². The predicted octanol–water partition coefficient (Wildman–Crippen LogP) is 2.73. The molecule has 0 unspecified atom stereocenters. The maximum atomic E-state index is 11.7. The Labute approximate surface area is 111 Å². The van der Waals surface area contributed by atoms with Crippen molar-refractivity contribution in [1.29, 1.82) is 0 Å². The number of nitrogens with zero attached hydrogens (tertiary/aromatic N) is 1. The second-order valence-electron chi connectivity index (χ2n) is 4.62. The van der Waals surface area contributed by atoms with Crippen LogP contribution in [0.5, 0.6) is 0 Å². The van der Waals surface area contributed by atoms with Gasteiger partial charge in [-0.25, -0.2) is 4.98 Å². The van der Waals surface area contributed by atoms with Gasteiger partial charge >= 0.3 is 0 Å². The van der Waals surface area contributed by atoms with Crippen LogP contribution in [0, 0.1) is 5.92 Å². The number of carbonyl (C=O) groups is 1. The summed E-state index contributed by atoms with van der Waals surface area (Å²) in [6, 6.07) is 8.05. The van der Waals surface area contributed by atoms with Crippen molar-refractivity contribution in [3.05, 3.63) is 30.5 Å². The van der Waals surface area contributed by atoms with Crippen molar-refractivity contribution in [2.45, 2.75) is 12.8 Å². The molecule has 1 aliphatic rings. The third kappa shape index (κ3) is 2.59. The topological polar surface area (TPSA) is 67.2 Å². The summed E-state index contributed by atoms with van der Waals surface area (Å²) in [4.78, 5) is 15.8.